The number of nitro groups is 1. The first-order valence-corrected chi connectivity index (χ1v) is 7.24. The van der Waals surface area contributed by atoms with E-state index in [0.29, 0.717) is 6.07 Å². The topological polar surface area (TPSA) is 113 Å². The Kier molecular flexibility index (Phi) is 6.17. The third kappa shape index (κ3) is 5.16. The first-order valence-electron chi connectivity index (χ1n) is 7.24. The molecule has 0 aromatic heterocycles. The molecule has 0 heterocycles. The van der Waals surface area contributed by atoms with Gasteiger partial charge in [-0.2, -0.15) is 22.8 Å². The number of hydrogen-bond donors (Lipinski definition) is 1. The summed E-state index contributed by atoms with van der Waals surface area (Å²) in [6, 6.07) is 3.38. The normalized spacial score (nSPS) is 14.0. The highest BCUT2D eigenvalue weighted by atomic mass is 19.4. The van der Waals surface area contributed by atoms with Gasteiger partial charge in [-0.3, -0.25) is 14.9 Å². The van der Waals surface area contributed by atoms with Gasteiger partial charge in [-0.05, 0) is 12.1 Å². The molecule has 0 spiro atoms. The van der Waals surface area contributed by atoms with Gasteiger partial charge in [0.1, 0.15) is 17.4 Å². The fraction of sp³-hybridized carbons (Fsp3) is 0.375. The van der Waals surface area contributed by atoms with E-state index in [2.05, 4.69) is 4.74 Å². The summed E-state index contributed by atoms with van der Waals surface area (Å²) in [5.74, 6) is -2.66. The van der Waals surface area contributed by atoms with Crippen LogP contribution in [0.4, 0.5) is 23.2 Å². The minimum Gasteiger partial charge on any atom is -0.506 e. The number of carbonyl (C=O) groups excluding carboxylic acids is 1. The van der Waals surface area contributed by atoms with Gasteiger partial charge < -0.3 is 9.84 Å². The van der Waals surface area contributed by atoms with Crippen LogP contribution in [-0.2, 0) is 4.79 Å². The molecule has 0 fully saturated rings. The lowest BCUT2D eigenvalue weighted by atomic mass is 9.85. The summed E-state index contributed by atoms with van der Waals surface area (Å²) < 4.78 is 53.5. The largest absolute Gasteiger partial charge is 0.506 e. The number of ketones is 1. The van der Waals surface area contributed by atoms with Gasteiger partial charge in [0, 0.05) is 5.41 Å². The maximum atomic E-state index is 12.9. The number of aliphatic hydroxyl groups is 1. The Bertz CT molecular complexity index is 835. The van der Waals surface area contributed by atoms with Gasteiger partial charge in [-0.15, -0.1) is 0 Å². The third-order valence-corrected chi connectivity index (χ3v) is 3.17. The molecular weight excluding hydrogens is 376 g/mol. The van der Waals surface area contributed by atoms with E-state index >= 15 is 0 Å². The average molecular weight is 390 g/mol. The van der Waals surface area contributed by atoms with Gasteiger partial charge in [-0.1, -0.05) is 20.8 Å². The molecule has 11 heteroatoms. The van der Waals surface area contributed by atoms with Crippen LogP contribution in [0.15, 0.2) is 23.8 Å². The van der Waals surface area contributed by atoms with E-state index in [0.717, 1.165) is 12.1 Å². The summed E-state index contributed by atoms with van der Waals surface area (Å²) >= 11 is 0. The summed E-state index contributed by atoms with van der Waals surface area (Å²) in [5.41, 5.74) is -3.44. The molecule has 0 aliphatic heterocycles. The molecule has 1 aromatic carbocycles. The summed E-state index contributed by atoms with van der Waals surface area (Å²) in [5, 5.41) is 30.5. The Labute approximate surface area is 150 Å². The molecule has 146 valence electrons. The van der Waals surface area contributed by atoms with Crippen LogP contribution < -0.4 is 4.74 Å². The monoisotopic (exact) mass is 390 g/mol. The van der Waals surface area contributed by atoms with Crippen molar-refractivity contribution in [2.75, 3.05) is 0 Å². The standard InChI is InChI=1S/C16H14F4N2O5/c1-15(2,3)13(24)10(7-21)12(23)9-5-4-8(6-11(9)22(25)26)27-14(17)16(18,19)20/h4-6,14,23H,1-3H3. The first kappa shape index (κ1) is 21.9. The molecule has 0 aliphatic carbocycles. The van der Waals surface area contributed by atoms with Crippen molar-refractivity contribution in [1.29, 1.82) is 5.26 Å². The van der Waals surface area contributed by atoms with E-state index in [-0.39, 0.29) is 0 Å². The zero-order valence-electron chi connectivity index (χ0n) is 14.3. The van der Waals surface area contributed by atoms with Crippen molar-refractivity contribution < 1.29 is 37.1 Å². The number of hydrogen-bond acceptors (Lipinski definition) is 6. The van der Waals surface area contributed by atoms with Crippen molar-refractivity contribution in [3.05, 3.63) is 39.4 Å². The zero-order chi connectivity index (χ0) is 21.2. The number of Topliss-reactive ketones (excluding diaryl/α,β-unsaturated/α-hetero) is 1. The second-order valence-electron chi connectivity index (χ2n) is 6.33. The summed E-state index contributed by atoms with van der Waals surface area (Å²) in [6.07, 6.45) is -9.06. The molecule has 1 atom stereocenters. The lowest BCUT2D eigenvalue weighted by Crippen LogP contribution is -2.29. The smallest absolute Gasteiger partial charge is 0.457 e. The number of nitrogens with zero attached hydrogens (tertiary/aromatic N) is 2. The maximum absolute atomic E-state index is 12.9. The molecule has 0 saturated carbocycles. The Hall–Kier alpha value is -3.16. The second kappa shape index (κ2) is 7.61. The van der Waals surface area contributed by atoms with Crippen LogP contribution in [0.2, 0.25) is 0 Å². The Morgan fingerprint density at radius 1 is 1.33 bits per heavy atom. The molecular formula is C16H14F4N2O5. The molecule has 1 aromatic rings. The Morgan fingerprint density at radius 3 is 2.30 bits per heavy atom. The number of carbonyl (C=O) groups is 1. The van der Waals surface area contributed by atoms with Gasteiger partial charge >= 0.3 is 12.5 Å². The number of nitro benzene ring substituents is 1. The number of nitriles is 1. The fourth-order valence-electron chi connectivity index (χ4n) is 1.84. The number of allylic oxidation sites excluding steroid dienone is 1. The molecule has 0 radical (unpaired) electrons. The molecule has 1 unspecified atom stereocenters. The second-order valence-corrected chi connectivity index (χ2v) is 6.33. The van der Waals surface area contributed by atoms with E-state index in [1.165, 1.54) is 26.8 Å². The third-order valence-electron chi connectivity index (χ3n) is 3.17. The van der Waals surface area contributed by atoms with Gasteiger partial charge in [0.2, 0.25) is 0 Å². The minimum absolute atomic E-state index is 0.445. The summed E-state index contributed by atoms with van der Waals surface area (Å²) in [7, 11) is 0. The van der Waals surface area contributed by atoms with E-state index in [9.17, 15) is 37.6 Å². The van der Waals surface area contributed by atoms with Crippen molar-refractivity contribution >= 4 is 17.2 Å². The minimum atomic E-state index is -5.34. The molecule has 0 amide bonds. The molecule has 27 heavy (non-hydrogen) atoms. The SMILES string of the molecule is CC(C)(C)C(=O)C(C#N)=C(O)c1ccc(OC(F)C(F)(F)F)cc1[N+](=O)[O-]. The quantitative estimate of drug-likeness (QED) is 0.201. The molecule has 0 saturated heterocycles. The summed E-state index contributed by atoms with van der Waals surface area (Å²) in [4.78, 5) is 22.3. The zero-order valence-corrected chi connectivity index (χ0v) is 14.3. The van der Waals surface area contributed by atoms with E-state index in [4.69, 9.17) is 5.26 Å². The predicted octanol–water partition coefficient (Wildman–Crippen LogP) is 4.24. The number of ether oxygens (including phenoxy) is 1. The number of aliphatic hydroxyl groups excluding tert-OH is 1. The molecule has 1 rings (SSSR count). The number of alkyl halides is 4. The Morgan fingerprint density at radius 2 is 1.89 bits per heavy atom. The van der Waals surface area contributed by atoms with Gasteiger partial charge in [-0.25, -0.2) is 0 Å². The van der Waals surface area contributed by atoms with Crippen LogP contribution >= 0.6 is 0 Å². The maximum Gasteiger partial charge on any atom is 0.457 e. The molecule has 7 nitrogen and oxygen atoms in total. The average Bonchev–Trinajstić information content (AvgIpc) is 2.53. The van der Waals surface area contributed by atoms with Crippen LogP contribution in [0, 0.1) is 26.9 Å². The van der Waals surface area contributed by atoms with Crippen LogP contribution in [0.5, 0.6) is 5.75 Å². The first-order chi connectivity index (χ1) is 12.2. The summed E-state index contributed by atoms with van der Waals surface area (Å²) in [6.45, 7) is 4.34. The van der Waals surface area contributed by atoms with Gasteiger partial charge in [0.05, 0.1) is 16.6 Å². The lowest BCUT2D eigenvalue weighted by Gasteiger charge is -2.17. The Balaban J connectivity index is 3.49. The number of rotatable bonds is 5. The lowest BCUT2D eigenvalue weighted by molar-refractivity contribution is -0.385. The highest BCUT2D eigenvalue weighted by Gasteiger charge is 2.42. The van der Waals surface area contributed by atoms with Crippen LogP contribution in [0.1, 0.15) is 26.3 Å². The van der Waals surface area contributed by atoms with Crippen molar-refractivity contribution in [2.24, 2.45) is 5.41 Å². The highest BCUT2D eigenvalue weighted by Crippen LogP contribution is 2.34. The van der Waals surface area contributed by atoms with Crippen molar-refractivity contribution in [2.45, 2.75) is 33.3 Å². The van der Waals surface area contributed by atoms with Crippen molar-refractivity contribution in [1.82, 2.24) is 0 Å². The number of benzene rings is 1. The van der Waals surface area contributed by atoms with Crippen LogP contribution in [0.25, 0.3) is 5.76 Å². The van der Waals surface area contributed by atoms with Crippen LogP contribution in [-0.4, -0.2) is 28.3 Å². The predicted molar refractivity (Wildman–Crippen MR) is 84.3 cm³/mol. The molecule has 0 aliphatic rings. The van der Waals surface area contributed by atoms with Crippen molar-refractivity contribution in [3.8, 4) is 11.8 Å². The van der Waals surface area contributed by atoms with Crippen LogP contribution in [0.3, 0.4) is 0 Å². The number of halogens is 4. The van der Waals surface area contributed by atoms with E-state index in [1.807, 2.05) is 0 Å². The van der Waals surface area contributed by atoms with Gasteiger partial charge in [0.25, 0.3) is 5.69 Å². The van der Waals surface area contributed by atoms with Crippen molar-refractivity contribution in [3.63, 3.8) is 0 Å². The van der Waals surface area contributed by atoms with E-state index < -0.39 is 57.0 Å². The fourth-order valence-corrected chi connectivity index (χ4v) is 1.84. The van der Waals surface area contributed by atoms with Gasteiger partial charge in [0.15, 0.2) is 11.5 Å². The molecule has 1 N–H and O–H groups in total. The molecule has 0 bridgehead atoms. The van der Waals surface area contributed by atoms with E-state index in [1.54, 1.807) is 0 Å². The highest BCUT2D eigenvalue weighted by molar-refractivity contribution is 6.08.